The molecule has 0 heterocycles. The summed E-state index contributed by atoms with van der Waals surface area (Å²) >= 11 is 4.42. The minimum atomic E-state index is -0.897. The summed E-state index contributed by atoms with van der Waals surface area (Å²) in [4.78, 5) is 55.4. The lowest BCUT2D eigenvalue weighted by Crippen LogP contribution is -2.32. The standard InChI is InChI=1S/C57H68I2O8/c1-11-15-17-37(13-3)35-57(36-38(14-4)18-16-12-2)47-31-41(49(60)33-51(39-19-25-43(58)26-20-39)64-53(62)66-55(5,6)7)23-29-45(47)46-30-24-42(32-48(46)57)50(61)34-52(40-21-27-44(59)28-22-40)65-54(63)67-56(8,9)10/h19-34,37-38H,11-18,35-36H2,1-10H3/b51-33-,52-34?. The number of fused-ring (bicyclic) bond motifs is 3. The number of halogens is 2. The molecule has 67 heavy (non-hydrogen) atoms. The van der Waals surface area contributed by atoms with Crippen LogP contribution in [0.25, 0.3) is 22.6 Å². The van der Waals surface area contributed by atoms with Crippen LogP contribution in [0.2, 0.25) is 0 Å². The van der Waals surface area contributed by atoms with E-state index >= 15 is 0 Å². The molecule has 10 heteroatoms. The monoisotopic (exact) mass is 1130 g/mol. The molecule has 0 aliphatic heterocycles. The van der Waals surface area contributed by atoms with Crippen LogP contribution >= 0.6 is 45.2 Å². The lowest BCUT2D eigenvalue weighted by molar-refractivity contribution is 0.0134. The van der Waals surface area contributed by atoms with Gasteiger partial charge in [0.25, 0.3) is 0 Å². The van der Waals surface area contributed by atoms with E-state index in [1.807, 2.05) is 72.8 Å². The van der Waals surface area contributed by atoms with Crippen LogP contribution in [0.1, 0.15) is 176 Å². The Morgan fingerprint density at radius 1 is 0.537 bits per heavy atom. The van der Waals surface area contributed by atoms with Crippen LogP contribution in [-0.4, -0.2) is 35.1 Å². The fraction of sp³-hybridized carbons (Fsp3) is 0.439. The molecular formula is C57H68I2O8. The summed E-state index contributed by atoms with van der Waals surface area (Å²) < 4.78 is 24.6. The van der Waals surface area contributed by atoms with Crippen LogP contribution in [-0.2, 0) is 24.4 Å². The molecule has 2 atom stereocenters. The Morgan fingerprint density at radius 2 is 0.881 bits per heavy atom. The van der Waals surface area contributed by atoms with Gasteiger partial charge in [-0.05, 0) is 170 Å². The van der Waals surface area contributed by atoms with Gasteiger partial charge in [-0.3, -0.25) is 9.59 Å². The molecule has 0 saturated carbocycles. The van der Waals surface area contributed by atoms with Crippen molar-refractivity contribution in [2.75, 3.05) is 0 Å². The zero-order valence-corrected chi connectivity index (χ0v) is 45.3. The molecule has 0 N–H and O–H groups in total. The summed E-state index contributed by atoms with van der Waals surface area (Å²) in [6, 6.07) is 26.7. The number of allylic oxidation sites excluding steroid dienone is 2. The molecular weight excluding hydrogens is 1070 g/mol. The number of rotatable bonds is 20. The van der Waals surface area contributed by atoms with Crippen LogP contribution in [0.5, 0.6) is 0 Å². The first-order valence-corrected chi connectivity index (χ1v) is 26.0. The fourth-order valence-electron chi connectivity index (χ4n) is 8.89. The number of ether oxygens (including phenoxy) is 4. The second-order valence-corrected chi connectivity index (χ2v) is 22.2. The molecule has 0 spiro atoms. The van der Waals surface area contributed by atoms with Gasteiger partial charge in [0.05, 0.1) is 0 Å². The Morgan fingerprint density at radius 3 is 1.19 bits per heavy atom. The number of hydrogen-bond donors (Lipinski definition) is 0. The molecule has 0 bridgehead atoms. The lowest BCUT2D eigenvalue weighted by atomic mass is 9.64. The highest BCUT2D eigenvalue weighted by Crippen LogP contribution is 2.57. The van der Waals surface area contributed by atoms with Crippen molar-refractivity contribution >= 4 is 80.6 Å². The number of hydrogen-bond acceptors (Lipinski definition) is 8. The molecule has 8 nitrogen and oxygen atoms in total. The SMILES string of the molecule is CCCCC(CC)CC1(CC(CC)CCCC)c2cc(C(=O)C=C(OC(=O)OC(C)(C)C)c3ccc(I)cc3)ccc2-c2ccc(C(=O)/C=C(\OC(=O)OC(C)(C)C)c3ccc(I)cc3)cc21. The molecule has 4 aromatic carbocycles. The molecule has 358 valence electrons. The quantitative estimate of drug-likeness (QED) is 0.0283. The van der Waals surface area contributed by atoms with Crippen molar-refractivity contribution in [3.63, 3.8) is 0 Å². The Kier molecular flexibility index (Phi) is 19.1. The van der Waals surface area contributed by atoms with E-state index < -0.39 is 28.9 Å². The van der Waals surface area contributed by atoms with Gasteiger partial charge in [-0.15, -0.1) is 0 Å². The summed E-state index contributed by atoms with van der Waals surface area (Å²) in [7, 11) is 0. The molecule has 1 aliphatic rings. The number of ketones is 2. The minimum absolute atomic E-state index is 0.0957. The minimum Gasteiger partial charge on any atom is -0.428 e. The summed E-state index contributed by atoms with van der Waals surface area (Å²) in [6.07, 6.45) is 11.2. The molecule has 0 amide bonds. The molecule has 0 saturated heterocycles. The highest BCUT2D eigenvalue weighted by atomic mass is 127. The Bertz CT molecular complexity index is 2260. The molecule has 5 rings (SSSR count). The van der Waals surface area contributed by atoms with Gasteiger partial charge in [0.15, 0.2) is 11.6 Å². The second-order valence-electron chi connectivity index (χ2n) is 19.7. The van der Waals surface area contributed by atoms with Gasteiger partial charge in [0.1, 0.15) is 22.7 Å². The third kappa shape index (κ3) is 14.8. The number of carbonyl (C=O) groups is 4. The highest BCUT2D eigenvalue weighted by Gasteiger charge is 2.46. The van der Waals surface area contributed by atoms with Crippen molar-refractivity contribution in [2.45, 2.75) is 150 Å². The number of benzene rings is 4. The summed E-state index contributed by atoms with van der Waals surface area (Å²) in [5.41, 5.74) is 4.17. The van der Waals surface area contributed by atoms with Gasteiger partial charge in [0.2, 0.25) is 0 Å². The molecule has 1 aliphatic carbocycles. The first kappa shape index (κ1) is 53.7. The van der Waals surface area contributed by atoms with E-state index in [9.17, 15) is 19.2 Å². The van der Waals surface area contributed by atoms with Crippen LogP contribution in [0.3, 0.4) is 0 Å². The lowest BCUT2D eigenvalue weighted by Gasteiger charge is -2.39. The predicted molar refractivity (Wildman–Crippen MR) is 286 cm³/mol. The maximum atomic E-state index is 14.6. The molecule has 2 unspecified atom stereocenters. The zero-order chi connectivity index (χ0) is 49.1. The van der Waals surface area contributed by atoms with E-state index in [4.69, 9.17) is 18.9 Å². The van der Waals surface area contributed by atoms with Gasteiger partial charge in [-0.1, -0.05) is 128 Å². The smallest absolute Gasteiger partial charge is 0.428 e. The second kappa shape index (κ2) is 23.8. The average Bonchev–Trinajstić information content (AvgIpc) is 3.52. The van der Waals surface area contributed by atoms with Gasteiger partial charge >= 0.3 is 12.3 Å². The van der Waals surface area contributed by atoms with E-state index in [-0.39, 0.29) is 23.1 Å². The predicted octanol–water partition coefficient (Wildman–Crippen LogP) is 16.7. The number of unbranched alkanes of at least 4 members (excludes halogenated alkanes) is 2. The van der Waals surface area contributed by atoms with Gasteiger partial charge < -0.3 is 18.9 Å². The van der Waals surface area contributed by atoms with Crippen LogP contribution in [0.4, 0.5) is 9.59 Å². The molecule has 0 aromatic heterocycles. The van der Waals surface area contributed by atoms with Crippen molar-refractivity contribution in [3.05, 3.63) is 138 Å². The largest absolute Gasteiger partial charge is 0.514 e. The van der Waals surface area contributed by atoms with Gasteiger partial charge in [0, 0.05) is 47.0 Å². The summed E-state index contributed by atoms with van der Waals surface area (Å²) in [6.45, 7) is 19.6. The first-order chi connectivity index (χ1) is 31.7. The van der Waals surface area contributed by atoms with Crippen LogP contribution in [0.15, 0.2) is 97.1 Å². The maximum absolute atomic E-state index is 14.6. The van der Waals surface area contributed by atoms with Gasteiger partial charge in [-0.2, -0.15) is 0 Å². The van der Waals surface area contributed by atoms with E-state index in [0.29, 0.717) is 34.1 Å². The van der Waals surface area contributed by atoms with Crippen LogP contribution in [0, 0.1) is 19.0 Å². The van der Waals surface area contributed by atoms with E-state index in [1.54, 1.807) is 41.5 Å². The molecule has 4 aromatic rings. The van der Waals surface area contributed by atoms with E-state index in [0.717, 1.165) is 93.6 Å². The first-order valence-electron chi connectivity index (χ1n) is 23.8. The van der Waals surface area contributed by atoms with E-state index in [1.165, 1.54) is 12.2 Å². The molecule has 0 fully saturated rings. The van der Waals surface area contributed by atoms with Crippen molar-refractivity contribution in [1.82, 2.24) is 0 Å². The average molecular weight is 1130 g/mol. The zero-order valence-electron chi connectivity index (χ0n) is 41.0. The van der Waals surface area contributed by atoms with Crippen molar-refractivity contribution in [3.8, 4) is 11.1 Å². The highest BCUT2D eigenvalue weighted by molar-refractivity contribution is 14.1. The fourth-order valence-corrected chi connectivity index (χ4v) is 9.61. The third-order valence-corrected chi connectivity index (χ3v) is 13.7. The summed E-state index contributed by atoms with van der Waals surface area (Å²) in [5, 5.41) is 0. The Hall–Kier alpha value is -4.30. The Balaban J connectivity index is 1.71. The topological polar surface area (TPSA) is 105 Å². The van der Waals surface area contributed by atoms with Gasteiger partial charge in [-0.25, -0.2) is 9.59 Å². The third-order valence-electron chi connectivity index (χ3n) is 12.2. The van der Waals surface area contributed by atoms with E-state index in [2.05, 4.69) is 85.0 Å². The van der Waals surface area contributed by atoms with Crippen molar-refractivity contribution in [2.24, 2.45) is 11.8 Å². The maximum Gasteiger partial charge on any atom is 0.514 e. The van der Waals surface area contributed by atoms with Crippen molar-refractivity contribution in [1.29, 1.82) is 0 Å². The Labute approximate surface area is 426 Å². The van der Waals surface area contributed by atoms with Crippen molar-refractivity contribution < 1.29 is 38.1 Å². The summed E-state index contributed by atoms with van der Waals surface area (Å²) in [5.74, 6) is 0.331. The normalized spacial score (nSPS) is 15.8. The van der Waals surface area contributed by atoms with Crippen LogP contribution < -0.4 is 0 Å². The number of carbonyl (C=O) groups excluding carboxylic acids is 4. The molecule has 0 radical (unpaired) electrons.